The van der Waals surface area contributed by atoms with Crippen molar-refractivity contribution < 1.29 is 9.59 Å². The minimum atomic E-state index is -0.657. The van der Waals surface area contributed by atoms with Crippen molar-refractivity contribution in [2.75, 3.05) is 39.6 Å². The summed E-state index contributed by atoms with van der Waals surface area (Å²) < 4.78 is 0. The molecule has 0 aliphatic carbocycles. The minimum absolute atomic E-state index is 0.0339. The van der Waals surface area contributed by atoms with Crippen molar-refractivity contribution >= 4 is 17.5 Å². The normalized spacial score (nSPS) is 15.9. The third-order valence-corrected chi connectivity index (χ3v) is 6.40. The van der Waals surface area contributed by atoms with E-state index in [2.05, 4.69) is 22.3 Å². The molecule has 1 aliphatic heterocycles. The summed E-state index contributed by atoms with van der Waals surface area (Å²) >= 11 is 0. The van der Waals surface area contributed by atoms with Crippen LogP contribution in [0.25, 0.3) is 0 Å². The maximum absolute atomic E-state index is 13.5. The zero-order valence-corrected chi connectivity index (χ0v) is 20.2. The molecule has 2 amide bonds. The Morgan fingerprint density at radius 2 is 1.56 bits per heavy atom. The lowest BCUT2D eigenvalue weighted by Gasteiger charge is -2.32. The molecule has 0 saturated heterocycles. The van der Waals surface area contributed by atoms with Crippen LogP contribution < -0.4 is 10.2 Å². The summed E-state index contributed by atoms with van der Waals surface area (Å²) in [7, 11) is 7.99. The molecule has 1 heterocycles. The van der Waals surface area contributed by atoms with E-state index < -0.39 is 6.04 Å². The monoisotopic (exact) mass is 456 g/mol. The first kappa shape index (κ1) is 23.5. The number of nitrogens with one attached hydrogen (secondary N) is 1. The van der Waals surface area contributed by atoms with Gasteiger partial charge < -0.3 is 20.0 Å². The van der Waals surface area contributed by atoms with Gasteiger partial charge in [-0.2, -0.15) is 0 Å². The van der Waals surface area contributed by atoms with Crippen LogP contribution in [0.2, 0.25) is 0 Å². The van der Waals surface area contributed by atoms with Crippen molar-refractivity contribution in [2.45, 2.75) is 18.6 Å². The van der Waals surface area contributed by atoms with Crippen LogP contribution >= 0.6 is 0 Å². The molecule has 3 aromatic carbocycles. The molecule has 6 nitrogen and oxygen atoms in total. The molecule has 0 bridgehead atoms. The first-order chi connectivity index (χ1) is 16.4. The highest BCUT2D eigenvalue weighted by Crippen LogP contribution is 2.36. The van der Waals surface area contributed by atoms with Crippen molar-refractivity contribution in [2.24, 2.45) is 0 Å². The third-order valence-electron chi connectivity index (χ3n) is 6.40. The summed E-state index contributed by atoms with van der Waals surface area (Å²) in [5, 5.41) is 3.06. The molecular weight excluding hydrogens is 424 g/mol. The number of nitrogens with zero attached hydrogens (tertiary/aromatic N) is 3. The molecule has 1 aliphatic rings. The van der Waals surface area contributed by atoms with Crippen LogP contribution in [-0.2, 0) is 11.3 Å². The van der Waals surface area contributed by atoms with Crippen LogP contribution in [0.3, 0.4) is 0 Å². The average Bonchev–Trinajstić information content (AvgIpc) is 3.13. The number of carbonyl (C=O) groups excluding carboxylic acids is 2. The van der Waals surface area contributed by atoms with Crippen LogP contribution in [0.15, 0.2) is 78.9 Å². The van der Waals surface area contributed by atoms with E-state index in [-0.39, 0.29) is 17.9 Å². The van der Waals surface area contributed by atoms with E-state index in [0.29, 0.717) is 18.7 Å². The van der Waals surface area contributed by atoms with Gasteiger partial charge >= 0.3 is 0 Å². The predicted molar refractivity (Wildman–Crippen MR) is 136 cm³/mol. The van der Waals surface area contributed by atoms with Gasteiger partial charge in [-0.05, 0) is 49.0 Å². The van der Waals surface area contributed by atoms with Gasteiger partial charge in [-0.3, -0.25) is 9.59 Å². The number of hydrogen-bond acceptors (Lipinski definition) is 4. The van der Waals surface area contributed by atoms with E-state index in [9.17, 15) is 9.59 Å². The fraction of sp³-hybridized carbons (Fsp3) is 0.286. The molecule has 4 rings (SSSR count). The van der Waals surface area contributed by atoms with Gasteiger partial charge in [0, 0.05) is 38.4 Å². The molecule has 0 spiro atoms. The van der Waals surface area contributed by atoms with E-state index in [1.165, 1.54) is 0 Å². The van der Waals surface area contributed by atoms with Gasteiger partial charge in [0.15, 0.2) is 0 Å². The highest BCUT2D eigenvalue weighted by Gasteiger charge is 2.42. The molecule has 2 unspecified atom stereocenters. The second-order valence-electron chi connectivity index (χ2n) is 9.12. The minimum Gasteiger partial charge on any atom is -0.378 e. The van der Waals surface area contributed by atoms with Crippen LogP contribution in [0.5, 0.6) is 0 Å². The smallest absolute Gasteiger partial charge is 0.255 e. The second-order valence-corrected chi connectivity index (χ2v) is 9.12. The Labute approximate surface area is 201 Å². The Hall–Kier alpha value is -3.64. The highest BCUT2D eigenvalue weighted by atomic mass is 16.2. The topological polar surface area (TPSA) is 55.9 Å². The van der Waals surface area contributed by atoms with Crippen LogP contribution in [-0.4, -0.2) is 56.3 Å². The van der Waals surface area contributed by atoms with Gasteiger partial charge in [0.05, 0.1) is 6.04 Å². The predicted octanol–water partition coefficient (Wildman–Crippen LogP) is 3.87. The Bertz CT molecular complexity index is 1140. The first-order valence-electron chi connectivity index (χ1n) is 11.5. The summed E-state index contributed by atoms with van der Waals surface area (Å²) in [5.41, 5.74) is 4.59. The molecule has 0 radical (unpaired) electrons. The number of benzene rings is 3. The number of likely N-dealkylation sites (N-methyl/N-ethyl adjacent to an activating group) is 1. The number of carbonyl (C=O) groups is 2. The Morgan fingerprint density at radius 1 is 0.912 bits per heavy atom. The standard InChI is InChI=1S/C28H32N4O2/c1-30(2)22-16-14-20(15-17-22)18-29-27(33)26-23-12-8-9-13-24(23)28(34)32(26)19-25(31(3)4)21-10-6-5-7-11-21/h5-17,25-26H,18-19H2,1-4H3,(H,29,33). The molecule has 176 valence electrons. The van der Waals surface area contributed by atoms with Gasteiger partial charge in [0.25, 0.3) is 5.91 Å². The van der Waals surface area contributed by atoms with Crippen LogP contribution in [0, 0.1) is 0 Å². The third kappa shape index (κ3) is 4.82. The van der Waals surface area contributed by atoms with Gasteiger partial charge in [-0.25, -0.2) is 0 Å². The maximum atomic E-state index is 13.5. The lowest BCUT2D eigenvalue weighted by molar-refractivity contribution is -0.126. The van der Waals surface area contributed by atoms with E-state index in [0.717, 1.165) is 22.4 Å². The van der Waals surface area contributed by atoms with E-state index in [1.807, 2.05) is 99.8 Å². The molecule has 0 saturated carbocycles. The number of anilines is 1. The second kappa shape index (κ2) is 10.1. The van der Waals surface area contributed by atoms with Gasteiger partial charge in [0.2, 0.25) is 5.91 Å². The van der Waals surface area contributed by atoms with Crippen molar-refractivity contribution in [3.05, 3.63) is 101 Å². The number of hydrogen-bond donors (Lipinski definition) is 1. The summed E-state index contributed by atoms with van der Waals surface area (Å²) in [6, 6.07) is 24.9. The Kier molecular flexibility index (Phi) is 6.98. The molecule has 34 heavy (non-hydrogen) atoms. The van der Waals surface area contributed by atoms with Crippen molar-refractivity contribution in [3.8, 4) is 0 Å². The molecular formula is C28H32N4O2. The molecule has 2 atom stereocenters. The van der Waals surface area contributed by atoms with Crippen molar-refractivity contribution in [1.82, 2.24) is 15.1 Å². The van der Waals surface area contributed by atoms with E-state index in [4.69, 9.17) is 0 Å². The lowest BCUT2D eigenvalue weighted by Crippen LogP contribution is -2.42. The van der Waals surface area contributed by atoms with Crippen molar-refractivity contribution in [3.63, 3.8) is 0 Å². The molecule has 1 N–H and O–H groups in total. The van der Waals surface area contributed by atoms with Gasteiger partial charge in [0.1, 0.15) is 6.04 Å². The number of rotatable bonds is 8. The zero-order valence-electron chi connectivity index (χ0n) is 20.2. The SMILES string of the molecule is CN(C)c1ccc(CNC(=O)C2c3ccccc3C(=O)N2CC(c2ccccc2)N(C)C)cc1. The van der Waals surface area contributed by atoms with E-state index >= 15 is 0 Å². The Balaban J connectivity index is 1.57. The average molecular weight is 457 g/mol. The number of amides is 2. The lowest BCUT2D eigenvalue weighted by atomic mass is 10.0. The maximum Gasteiger partial charge on any atom is 0.255 e. The first-order valence-corrected chi connectivity index (χ1v) is 11.5. The van der Waals surface area contributed by atoms with Gasteiger partial charge in [-0.1, -0.05) is 60.7 Å². The molecule has 6 heteroatoms. The fourth-order valence-corrected chi connectivity index (χ4v) is 4.47. The molecule has 0 fully saturated rings. The highest BCUT2D eigenvalue weighted by molar-refractivity contribution is 6.04. The van der Waals surface area contributed by atoms with Gasteiger partial charge in [-0.15, -0.1) is 0 Å². The van der Waals surface area contributed by atoms with Crippen LogP contribution in [0.1, 0.15) is 39.1 Å². The summed E-state index contributed by atoms with van der Waals surface area (Å²) in [6.45, 7) is 0.823. The fourth-order valence-electron chi connectivity index (χ4n) is 4.47. The molecule has 0 aromatic heterocycles. The quantitative estimate of drug-likeness (QED) is 0.559. The van der Waals surface area contributed by atoms with E-state index in [1.54, 1.807) is 4.90 Å². The zero-order chi connectivity index (χ0) is 24.2. The van der Waals surface area contributed by atoms with Crippen molar-refractivity contribution in [1.29, 1.82) is 0 Å². The Morgan fingerprint density at radius 3 is 2.21 bits per heavy atom. The summed E-state index contributed by atoms with van der Waals surface area (Å²) in [5.74, 6) is -0.269. The number of fused-ring (bicyclic) bond motifs is 1. The molecule has 3 aromatic rings. The summed E-state index contributed by atoms with van der Waals surface area (Å²) in [6.07, 6.45) is 0. The van der Waals surface area contributed by atoms with Crippen LogP contribution in [0.4, 0.5) is 5.69 Å². The largest absolute Gasteiger partial charge is 0.378 e. The summed E-state index contributed by atoms with van der Waals surface area (Å²) in [4.78, 5) is 32.7.